The van der Waals surface area contributed by atoms with Gasteiger partial charge in [-0.3, -0.25) is 0 Å². The smallest absolute Gasteiger partial charge is 0.0940 e. The van der Waals surface area contributed by atoms with Crippen molar-refractivity contribution in [2.75, 3.05) is 6.98 Å². The number of benzene rings is 1. The summed E-state index contributed by atoms with van der Waals surface area (Å²) in [6.45, 7) is 1.48. The molecular formula is C12H20ClNO. The Balaban J connectivity index is 0.00000289. The van der Waals surface area contributed by atoms with Gasteiger partial charge in [0.2, 0.25) is 0 Å². The third-order valence-electron chi connectivity index (χ3n) is 2.43. The molecule has 15 heavy (non-hydrogen) atoms. The molecule has 0 saturated heterocycles. The van der Waals surface area contributed by atoms with E-state index in [1.165, 1.54) is 5.56 Å². The number of hydrogen-bond acceptors (Lipinski definition) is 2. The zero-order valence-corrected chi connectivity index (χ0v) is 9.84. The molecule has 0 heterocycles. The number of rotatable bonds is 4. The number of aryl methyl sites for hydroxylation is 1. The highest BCUT2D eigenvalue weighted by atomic mass is 35.5. The van der Waals surface area contributed by atoms with Gasteiger partial charge in [-0.05, 0) is 31.4 Å². The molecule has 0 amide bonds. The molecule has 2 N–H and O–H groups in total. The first-order chi connectivity index (χ1) is 7.83. The molecule has 0 aliphatic rings. The van der Waals surface area contributed by atoms with Crippen molar-refractivity contribution in [3.05, 3.63) is 35.4 Å². The summed E-state index contributed by atoms with van der Waals surface area (Å²) < 4.78 is 21.3. The summed E-state index contributed by atoms with van der Waals surface area (Å²) in [5.74, 6) is 0. The van der Waals surface area contributed by atoms with Crippen molar-refractivity contribution >= 4 is 12.4 Å². The summed E-state index contributed by atoms with van der Waals surface area (Å²) in [4.78, 5) is 0. The molecule has 1 aromatic carbocycles. The lowest BCUT2D eigenvalue weighted by Crippen LogP contribution is -2.28. The lowest BCUT2D eigenvalue weighted by atomic mass is 10.0. The van der Waals surface area contributed by atoms with Crippen molar-refractivity contribution in [1.82, 2.24) is 5.32 Å². The third kappa shape index (κ3) is 3.82. The molecule has 0 saturated carbocycles. The molecule has 0 radical (unpaired) electrons. The highest BCUT2D eigenvalue weighted by Gasteiger charge is 2.13. The normalized spacial score (nSPS) is 17.9. The van der Waals surface area contributed by atoms with E-state index in [0.29, 0.717) is 0 Å². The average Bonchev–Trinajstić information content (AvgIpc) is 2.26. The van der Waals surface area contributed by atoms with Crippen molar-refractivity contribution in [3.8, 4) is 0 Å². The Bertz CT molecular complexity index is 353. The molecular weight excluding hydrogens is 211 g/mol. The fourth-order valence-electron chi connectivity index (χ4n) is 1.32. The summed E-state index contributed by atoms with van der Waals surface area (Å²) in [6, 6.07) is 7.04. The lowest BCUT2D eigenvalue weighted by molar-refractivity contribution is 0.140. The predicted octanol–water partition coefficient (Wildman–Crippen LogP) is 2.31. The van der Waals surface area contributed by atoms with E-state index in [9.17, 15) is 5.11 Å². The Hall–Kier alpha value is -0.570. The van der Waals surface area contributed by atoms with Gasteiger partial charge < -0.3 is 10.4 Å². The van der Waals surface area contributed by atoms with Gasteiger partial charge >= 0.3 is 0 Å². The molecule has 0 aliphatic carbocycles. The van der Waals surface area contributed by atoms with Gasteiger partial charge in [0.25, 0.3) is 0 Å². The van der Waals surface area contributed by atoms with Gasteiger partial charge in [-0.1, -0.05) is 31.2 Å². The zero-order valence-electron chi connectivity index (χ0n) is 12.0. The van der Waals surface area contributed by atoms with Crippen LogP contribution in [0.2, 0.25) is 0 Å². The zero-order chi connectivity index (χ0) is 13.1. The van der Waals surface area contributed by atoms with Crippen LogP contribution in [0.1, 0.15) is 35.2 Å². The van der Waals surface area contributed by atoms with Gasteiger partial charge in [-0.15, -0.1) is 12.4 Å². The van der Waals surface area contributed by atoms with Crippen molar-refractivity contribution in [1.29, 1.82) is 0 Å². The lowest BCUT2D eigenvalue weighted by Gasteiger charge is -2.18. The average molecular weight is 234 g/mol. The van der Waals surface area contributed by atoms with Crippen LogP contribution in [-0.2, 0) is 6.42 Å². The van der Waals surface area contributed by atoms with E-state index in [1.807, 2.05) is 24.3 Å². The maximum absolute atomic E-state index is 10.0. The molecule has 2 nitrogen and oxygen atoms in total. The molecule has 0 fully saturated rings. The summed E-state index contributed by atoms with van der Waals surface area (Å²) in [5.41, 5.74) is 1.92. The van der Waals surface area contributed by atoms with Crippen molar-refractivity contribution in [3.63, 3.8) is 0 Å². The second-order valence-electron chi connectivity index (χ2n) is 3.47. The quantitative estimate of drug-likeness (QED) is 0.783. The molecule has 1 rings (SSSR count). The van der Waals surface area contributed by atoms with Crippen LogP contribution in [0.3, 0.4) is 0 Å². The van der Waals surface area contributed by atoms with E-state index in [2.05, 4.69) is 12.2 Å². The molecule has 2 atom stereocenters. The monoisotopic (exact) mass is 233 g/mol. The number of halogens is 1. The SMILES string of the molecule is Cl.[2H][13C]([2H])([2H])NC(C)C(O)c1ccc(CC)cc1. The molecule has 86 valence electrons. The van der Waals surface area contributed by atoms with E-state index in [1.54, 1.807) is 6.92 Å². The first-order valence-electron chi connectivity index (χ1n) is 6.38. The fraction of sp³-hybridized carbons (Fsp3) is 0.500. The molecule has 2 unspecified atom stereocenters. The maximum Gasteiger partial charge on any atom is 0.0940 e. The molecule has 0 aliphatic heterocycles. The van der Waals surface area contributed by atoms with Crippen molar-refractivity contribution < 1.29 is 9.22 Å². The van der Waals surface area contributed by atoms with Crippen LogP contribution in [0.5, 0.6) is 0 Å². The fourth-order valence-corrected chi connectivity index (χ4v) is 1.32. The number of hydrogen-bond donors (Lipinski definition) is 2. The summed E-state index contributed by atoms with van der Waals surface area (Å²) in [7, 11) is 0. The van der Waals surface area contributed by atoms with E-state index >= 15 is 0 Å². The number of aliphatic hydroxyl groups excluding tert-OH is 1. The Labute approximate surface area is 102 Å². The van der Waals surface area contributed by atoms with Gasteiger partial charge in [0.15, 0.2) is 0 Å². The van der Waals surface area contributed by atoms with Gasteiger partial charge in [-0.2, -0.15) is 0 Å². The Morgan fingerprint density at radius 3 is 2.47 bits per heavy atom. The minimum atomic E-state index is -2.23. The van der Waals surface area contributed by atoms with Crippen LogP contribution in [0.4, 0.5) is 0 Å². The molecule has 0 bridgehead atoms. The second-order valence-corrected chi connectivity index (χ2v) is 3.47. The van der Waals surface area contributed by atoms with Gasteiger partial charge in [-0.25, -0.2) is 0 Å². The van der Waals surface area contributed by atoms with Crippen LogP contribution in [0.15, 0.2) is 24.3 Å². The third-order valence-corrected chi connectivity index (χ3v) is 2.43. The standard InChI is InChI=1S/C12H19NO.ClH/c1-4-10-5-7-11(8-6-10)12(14)9(2)13-3;/h5-9,12-14H,4H2,1-3H3;1H/i3+1D3;. The van der Waals surface area contributed by atoms with Crippen LogP contribution < -0.4 is 5.32 Å². The molecule has 0 aromatic heterocycles. The second kappa shape index (κ2) is 6.83. The number of nitrogens with one attached hydrogen (secondary N) is 1. The number of likely N-dealkylation sites (N-methyl/N-ethyl adjacent to an activating group) is 1. The maximum atomic E-state index is 10.0. The summed E-state index contributed by atoms with van der Waals surface area (Å²) in [6.07, 6.45) is 0.126. The topological polar surface area (TPSA) is 32.3 Å². The van der Waals surface area contributed by atoms with Crippen molar-refractivity contribution in [2.45, 2.75) is 32.4 Å². The summed E-state index contributed by atoms with van der Waals surface area (Å²) >= 11 is 0. The molecule has 0 spiro atoms. The predicted molar refractivity (Wildman–Crippen MR) is 66.5 cm³/mol. The van der Waals surface area contributed by atoms with Crippen LogP contribution in [-0.4, -0.2) is 18.1 Å². The van der Waals surface area contributed by atoms with E-state index in [4.69, 9.17) is 4.11 Å². The van der Waals surface area contributed by atoms with Gasteiger partial charge in [0.1, 0.15) is 0 Å². The Morgan fingerprint density at radius 2 is 2.00 bits per heavy atom. The van der Waals surface area contributed by atoms with Crippen LogP contribution >= 0.6 is 12.4 Å². The molecule has 3 heteroatoms. The van der Waals surface area contributed by atoms with E-state index < -0.39 is 19.1 Å². The largest absolute Gasteiger partial charge is 0.387 e. The Kier molecular flexibility index (Phi) is 4.39. The van der Waals surface area contributed by atoms with Crippen LogP contribution in [0.25, 0.3) is 0 Å². The Morgan fingerprint density at radius 1 is 1.40 bits per heavy atom. The van der Waals surface area contributed by atoms with E-state index in [-0.39, 0.29) is 12.4 Å². The highest BCUT2D eigenvalue weighted by Crippen LogP contribution is 2.17. The van der Waals surface area contributed by atoms with E-state index in [0.717, 1.165) is 12.0 Å². The first kappa shape index (κ1) is 9.64. The van der Waals surface area contributed by atoms with Gasteiger partial charge in [0.05, 0.1) is 6.10 Å². The van der Waals surface area contributed by atoms with Crippen molar-refractivity contribution in [2.24, 2.45) is 0 Å². The number of aliphatic hydroxyl groups is 1. The minimum Gasteiger partial charge on any atom is -0.387 e. The van der Waals surface area contributed by atoms with Gasteiger partial charge in [0, 0.05) is 10.2 Å². The molecule has 1 aromatic rings. The highest BCUT2D eigenvalue weighted by molar-refractivity contribution is 5.85. The minimum absolute atomic E-state index is 0. The van der Waals surface area contributed by atoms with Crippen LogP contribution in [0, 0.1) is 0 Å². The summed E-state index contributed by atoms with van der Waals surface area (Å²) in [5, 5.41) is 12.4. The first-order valence-corrected chi connectivity index (χ1v) is 4.88.